The number of nitrogens with zero attached hydrogens (tertiary/aromatic N) is 5. The van der Waals surface area contributed by atoms with E-state index in [1.54, 1.807) is 30.9 Å². The summed E-state index contributed by atoms with van der Waals surface area (Å²) in [6.45, 7) is 10.6. The van der Waals surface area contributed by atoms with E-state index in [1.165, 1.54) is 12.6 Å². The first-order valence-electron chi connectivity index (χ1n) is 31.8. The number of unbranched alkanes of at least 4 members (excludes halogenated alkanes) is 3. The first-order chi connectivity index (χ1) is 46.6. The minimum absolute atomic E-state index is 0.0248. The number of imidazole rings is 1. The van der Waals surface area contributed by atoms with Gasteiger partial charge in [0, 0.05) is 50.7 Å². The molecule has 1 aliphatic heterocycles. The van der Waals surface area contributed by atoms with Gasteiger partial charge in [0.1, 0.15) is 30.4 Å². The first kappa shape index (κ1) is 72.3. The number of ether oxygens (including phenoxy) is 5. The Morgan fingerprint density at radius 1 is 0.833 bits per heavy atom. The van der Waals surface area contributed by atoms with Gasteiger partial charge in [-0.05, 0) is 102 Å². The molecule has 1 saturated heterocycles. The Morgan fingerprint density at radius 2 is 1.47 bits per heavy atom. The van der Waals surface area contributed by atoms with Gasteiger partial charge in [0.2, 0.25) is 18.4 Å². The number of alkyl carbamates (subject to hydrolysis) is 1. The predicted octanol–water partition coefficient (Wildman–Crippen LogP) is 10.2. The number of nitrogens with one attached hydrogen (secondary N) is 4. The Morgan fingerprint density at radius 3 is 2.10 bits per heavy atom. The molecule has 1 fully saturated rings. The number of hydrogen-bond donors (Lipinski definition) is 5. The van der Waals surface area contributed by atoms with Crippen LogP contribution < -0.4 is 36.7 Å². The van der Waals surface area contributed by atoms with Crippen molar-refractivity contribution in [3.63, 3.8) is 0 Å². The Labute approximate surface area is 561 Å². The number of aromatic nitrogens is 4. The zero-order valence-corrected chi connectivity index (χ0v) is 56.8. The normalized spacial score (nSPS) is 16.2. The molecule has 0 radical (unpaired) electrons. The second-order valence-electron chi connectivity index (χ2n) is 22.7. The van der Waals surface area contributed by atoms with Crippen LogP contribution in [0.5, 0.6) is 11.5 Å². The number of anilines is 1. The molecule has 25 nitrogen and oxygen atoms in total. The minimum Gasteiger partial charge on any atom is -0.497 e. The molecular formula is C68H82N10O15P2S. The number of sulfone groups is 1. The maximum Gasteiger partial charge on any atom is 0.407 e. The molecule has 5 aromatic carbocycles. The van der Waals surface area contributed by atoms with Crippen LogP contribution in [0.4, 0.5) is 10.7 Å². The average Bonchev–Trinajstić information content (AvgIpc) is 0.825. The topological polar surface area (TPSA) is 314 Å². The van der Waals surface area contributed by atoms with Crippen molar-refractivity contribution in [2.75, 3.05) is 98.3 Å². The molecule has 3 heterocycles. The van der Waals surface area contributed by atoms with Crippen LogP contribution in [0.25, 0.3) is 27.1 Å². The van der Waals surface area contributed by atoms with E-state index in [4.69, 9.17) is 58.6 Å². The van der Waals surface area contributed by atoms with E-state index in [2.05, 4.69) is 53.9 Å². The summed E-state index contributed by atoms with van der Waals surface area (Å²) < 4.78 is 87.7. The molecule has 28 heteroatoms. The van der Waals surface area contributed by atoms with Crippen molar-refractivity contribution in [3.8, 4) is 28.7 Å². The van der Waals surface area contributed by atoms with Gasteiger partial charge in [0.25, 0.3) is 5.56 Å². The summed E-state index contributed by atoms with van der Waals surface area (Å²) in [6, 6.07) is 39.9. The predicted molar refractivity (Wildman–Crippen MR) is 363 cm³/mol. The van der Waals surface area contributed by atoms with E-state index in [0.717, 1.165) is 58.2 Å². The SMILES string of the molecule is [C-]#[N+]CCCP(OCC(COP(OCCC#N)OCCCCCCNC(c1ccc(OC)cc1)(c1ccc(OC)cc1)c1ccc(S(C)(=O)=O)cc1)NC(=O)CCNC(=O)OCC1c2ccccc2-c2ccccc21)OC[C@@H]1O[C@@H](n2cnc3c(=O)[nH]c(N)nc32)C[C@@H]1OCC. The molecule has 9 rings (SSSR count). The third-order valence-corrected chi connectivity index (χ3v) is 20.1. The highest BCUT2D eigenvalue weighted by molar-refractivity contribution is 7.90. The highest BCUT2D eigenvalue weighted by atomic mass is 32.2. The van der Waals surface area contributed by atoms with Crippen molar-refractivity contribution in [2.45, 2.75) is 99.1 Å². The van der Waals surface area contributed by atoms with Gasteiger partial charge in [0.15, 0.2) is 29.4 Å². The van der Waals surface area contributed by atoms with E-state index in [9.17, 15) is 28.1 Å². The number of carbonyl (C=O) groups is 2. The standard InChI is InChI=1S/C68H82N10O15P2S/c1-6-86-59-41-62(78-46-73-63-64(78)76-66(70)77-65(63)80)93-60(59)45-91-94(40-16-35-71-2)90-42-50(75-61(79)33-37-72-67(81)87-44-58-56-19-11-9-17-54(56)55-18-10-12-20-57(55)58)43-92-95(89-39-15-34-69)88-38-14-8-7-13-36-74-68(47-21-27-51(84-3)28-22-47,48-23-29-52(85-4)30-24-48)49-25-31-53(32-26-49)96(5,82)83/h9-12,17-32,46,50,58-60,62,74H,6-8,13-16,33,35-45H2,1,3-5H3,(H,72,81)(H,75,79)(H3,70,76,77,80)/t50?,59-,60-,62+,94?,95?/m0/s1. The summed E-state index contributed by atoms with van der Waals surface area (Å²) in [6.07, 6.45) is 4.45. The molecule has 6 N–H and O–H groups in total. The molecule has 510 valence electrons. The molecule has 3 unspecified atom stereocenters. The molecule has 96 heavy (non-hydrogen) atoms. The third kappa shape index (κ3) is 19.2. The Balaban J connectivity index is 0.833. The number of benzene rings is 5. The zero-order chi connectivity index (χ0) is 67.9. The first-order valence-corrected chi connectivity index (χ1v) is 36.2. The van der Waals surface area contributed by atoms with Gasteiger partial charge in [-0.25, -0.2) is 24.8 Å². The molecular weight excluding hydrogens is 1290 g/mol. The molecule has 7 aromatic rings. The number of rotatable bonds is 39. The van der Waals surface area contributed by atoms with Crippen LogP contribution in [-0.2, 0) is 57.0 Å². The molecule has 2 amide bonds. The summed E-state index contributed by atoms with van der Waals surface area (Å²) in [5.41, 5.74) is 11.9. The van der Waals surface area contributed by atoms with E-state index in [-0.39, 0.29) is 93.5 Å². The van der Waals surface area contributed by atoms with E-state index in [0.29, 0.717) is 50.1 Å². The summed E-state index contributed by atoms with van der Waals surface area (Å²) in [4.78, 5) is 54.4. The third-order valence-electron chi connectivity index (χ3n) is 16.3. The fourth-order valence-electron chi connectivity index (χ4n) is 11.6. The van der Waals surface area contributed by atoms with E-state index >= 15 is 0 Å². The van der Waals surface area contributed by atoms with Gasteiger partial charge in [-0.1, -0.05) is 97.8 Å². The molecule has 0 bridgehead atoms. The van der Waals surface area contributed by atoms with Crippen molar-refractivity contribution >= 4 is 55.9 Å². The van der Waals surface area contributed by atoms with Crippen molar-refractivity contribution in [2.24, 2.45) is 0 Å². The maximum absolute atomic E-state index is 13.8. The minimum atomic E-state index is -3.47. The number of aromatic amines is 1. The summed E-state index contributed by atoms with van der Waals surface area (Å²) in [5.74, 6) is 0.725. The second-order valence-corrected chi connectivity index (χ2v) is 27.6. The van der Waals surface area contributed by atoms with Crippen LogP contribution in [0.15, 0.2) is 137 Å². The monoisotopic (exact) mass is 1370 g/mol. The lowest BCUT2D eigenvalue weighted by Gasteiger charge is -2.37. The Hall–Kier alpha value is -7.94. The van der Waals surface area contributed by atoms with Crippen LogP contribution in [0.1, 0.15) is 98.3 Å². The van der Waals surface area contributed by atoms with Gasteiger partial charge in [-0.15, -0.1) is 0 Å². The van der Waals surface area contributed by atoms with Crippen LogP contribution >= 0.6 is 17.0 Å². The number of fused-ring (bicyclic) bond motifs is 4. The second kappa shape index (κ2) is 35.9. The molecule has 0 spiro atoms. The smallest absolute Gasteiger partial charge is 0.407 e. The van der Waals surface area contributed by atoms with Gasteiger partial charge in [-0.2, -0.15) is 10.2 Å². The molecule has 1 aliphatic carbocycles. The van der Waals surface area contributed by atoms with Crippen molar-refractivity contribution in [1.82, 2.24) is 35.5 Å². The van der Waals surface area contributed by atoms with Gasteiger partial charge >= 0.3 is 14.7 Å². The van der Waals surface area contributed by atoms with Crippen LogP contribution in [-0.4, -0.2) is 151 Å². The summed E-state index contributed by atoms with van der Waals surface area (Å²) in [7, 11) is -4.01. The van der Waals surface area contributed by atoms with E-state index in [1.807, 2.05) is 104 Å². The Kier molecular flexibility index (Phi) is 27.0. The van der Waals surface area contributed by atoms with Crippen LogP contribution in [0, 0.1) is 17.9 Å². The van der Waals surface area contributed by atoms with Gasteiger partial charge in [0.05, 0.1) is 88.7 Å². The lowest BCUT2D eigenvalue weighted by atomic mass is 9.76. The van der Waals surface area contributed by atoms with Crippen molar-refractivity contribution in [3.05, 3.63) is 177 Å². The van der Waals surface area contributed by atoms with Crippen molar-refractivity contribution < 1.29 is 64.3 Å². The molecule has 2 aromatic heterocycles. The Bertz CT molecular complexity index is 3840. The molecule has 2 aliphatic rings. The highest BCUT2D eigenvalue weighted by Gasteiger charge is 2.40. The zero-order valence-electron chi connectivity index (χ0n) is 54.2. The van der Waals surface area contributed by atoms with Crippen molar-refractivity contribution in [1.29, 1.82) is 5.26 Å². The number of nitrogens with two attached hydrogens (primary N) is 1. The maximum atomic E-state index is 13.8. The number of methoxy groups -OCH3 is 2. The largest absolute Gasteiger partial charge is 0.497 e. The van der Waals surface area contributed by atoms with E-state index < -0.39 is 74.4 Å². The average molecular weight is 1370 g/mol. The molecule has 0 saturated carbocycles. The fourth-order valence-corrected chi connectivity index (χ4v) is 14.6. The van der Waals surface area contributed by atoms with Crippen LogP contribution in [0.3, 0.4) is 0 Å². The number of nitrogen functional groups attached to an aromatic ring is 1. The van der Waals surface area contributed by atoms with Gasteiger partial charge < -0.3 is 67.5 Å². The number of carbonyl (C=O) groups excluding carboxylic acids is 2. The quantitative estimate of drug-likeness (QED) is 0.0103. The highest BCUT2D eigenvalue weighted by Crippen LogP contribution is 2.46. The number of amides is 2. The lowest BCUT2D eigenvalue weighted by molar-refractivity contribution is -0.122. The number of hydrogen-bond acceptors (Lipinski definition) is 20. The van der Waals surface area contributed by atoms with Gasteiger partial charge in [-0.3, -0.25) is 24.5 Å². The number of H-pyrrole nitrogens is 1. The molecule has 6 atom stereocenters. The summed E-state index contributed by atoms with van der Waals surface area (Å²) >= 11 is 0. The fraction of sp³-hybridized carbons (Fsp3) is 0.426. The lowest BCUT2D eigenvalue weighted by Crippen LogP contribution is -2.45. The number of nitriles is 1. The summed E-state index contributed by atoms with van der Waals surface area (Å²) in [5, 5.41) is 19.0. The van der Waals surface area contributed by atoms with Crippen LogP contribution in [0.2, 0.25) is 0 Å².